The van der Waals surface area contributed by atoms with Gasteiger partial charge in [0.1, 0.15) is 0 Å². The number of rotatable bonds is 10. The lowest BCUT2D eigenvalue weighted by Crippen LogP contribution is -2.12. The van der Waals surface area contributed by atoms with Crippen LogP contribution in [0.2, 0.25) is 0 Å². The lowest BCUT2D eigenvalue weighted by molar-refractivity contribution is 0.517. The molecule has 0 bridgehead atoms. The summed E-state index contributed by atoms with van der Waals surface area (Å²) in [4.78, 5) is 11.3. The van der Waals surface area contributed by atoms with E-state index in [1.54, 1.807) is 0 Å². The van der Waals surface area contributed by atoms with E-state index < -0.39 is 0 Å². The normalized spacial score (nSPS) is 12.4. The molecule has 254 valence electrons. The molecule has 0 aliphatic carbocycles. The summed E-state index contributed by atoms with van der Waals surface area (Å²) in [5.41, 5.74) is 8.53. The first-order valence-corrected chi connectivity index (χ1v) is 21.7. The van der Waals surface area contributed by atoms with Gasteiger partial charge in [-0.05, 0) is 136 Å². The van der Waals surface area contributed by atoms with Crippen molar-refractivity contribution >= 4 is 77.7 Å². The third-order valence-electron chi connectivity index (χ3n) is 10.9. The van der Waals surface area contributed by atoms with Crippen molar-refractivity contribution in [2.24, 2.45) is 0 Å². The molecule has 0 fully saturated rings. The van der Waals surface area contributed by atoms with E-state index in [4.69, 9.17) is 0 Å². The minimum absolute atomic E-state index is 0.141. The van der Waals surface area contributed by atoms with Crippen LogP contribution in [0.1, 0.15) is 85.5 Å². The Kier molecular flexibility index (Phi) is 8.83. The second-order valence-electron chi connectivity index (χ2n) is 14.4. The maximum absolute atomic E-state index is 2.55. The quantitative estimate of drug-likeness (QED) is 0.123. The van der Waals surface area contributed by atoms with Crippen molar-refractivity contribution < 1.29 is 0 Å². The molecule has 4 aromatic heterocycles. The maximum atomic E-state index is 2.55. The molecule has 0 nitrogen and oxygen atoms in total. The SMILES string of the molecule is CCc1cc2c(-c3ccc(CC)s3)c(-c3ccc(CC)s3)c3cc(C)cc4c(-c5ccc(C(C)(C)CC)s5)c(-c5ccc(CC)s5)c(c1)c2c34. The Labute approximate surface area is 313 Å². The first-order chi connectivity index (χ1) is 24.2. The van der Waals surface area contributed by atoms with Crippen molar-refractivity contribution in [2.45, 2.75) is 92.9 Å². The van der Waals surface area contributed by atoms with Gasteiger partial charge in [0.2, 0.25) is 0 Å². The fourth-order valence-electron chi connectivity index (χ4n) is 7.70. The van der Waals surface area contributed by atoms with E-state index in [2.05, 4.69) is 128 Å². The first-order valence-electron chi connectivity index (χ1n) is 18.4. The fraction of sp³-hybridized carbons (Fsp3) is 0.304. The Hall–Kier alpha value is -3.28. The minimum Gasteiger partial charge on any atom is -0.140 e. The van der Waals surface area contributed by atoms with E-state index in [-0.39, 0.29) is 5.41 Å². The highest BCUT2D eigenvalue weighted by Crippen LogP contribution is 2.56. The minimum atomic E-state index is 0.141. The molecule has 0 amide bonds. The second kappa shape index (κ2) is 13.0. The molecule has 0 spiro atoms. The van der Waals surface area contributed by atoms with Gasteiger partial charge in [0, 0.05) is 61.3 Å². The molecule has 8 rings (SSSR count). The largest absolute Gasteiger partial charge is 0.140 e. The van der Waals surface area contributed by atoms with Gasteiger partial charge in [-0.3, -0.25) is 0 Å². The third-order valence-corrected chi connectivity index (χ3v) is 16.1. The van der Waals surface area contributed by atoms with Crippen LogP contribution in [-0.4, -0.2) is 0 Å². The predicted molar refractivity (Wildman–Crippen MR) is 229 cm³/mol. The Balaban J connectivity index is 1.64. The van der Waals surface area contributed by atoms with Crippen molar-refractivity contribution in [3.63, 3.8) is 0 Å². The molecule has 8 aromatic rings. The number of hydrogen-bond donors (Lipinski definition) is 0. The Morgan fingerprint density at radius 2 is 0.840 bits per heavy atom. The second-order valence-corrected chi connectivity index (χ2v) is 19.0. The van der Waals surface area contributed by atoms with Gasteiger partial charge >= 0.3 is 0 Å². The van der Waals surface area contributed by atoms with Crippen molar-refractivity contribution in [1.29, 1.82) is 0 Å². The lowest BCUT2D eigenvalue weighted by Gasteiger charge is -2.25. The van der Waals surface area contributed by atoms with Crippen LogP contribution in [-0.2, 0) is 31.1 Å². The topological polar surface area (TPSA) is 0 Å². The number of aryl methyl sites for hydroxylation is 5. The van der Waals surface area contributed by atoms with Crippen LogP contribution in [0, 0.1) is 6.92 Å². The molecule has 0 atom stereocenters. The molecule has 4 heterocycles. The zero-order chi connectivity index (χ0) is 34.9. The summed E-state index contributed by atoms with van der Waals surface area (Å²) in [5.74, 6) is 0. The van der Waals surface area contributed by atoms with Gasteiger partial charge in [0.15, 0.2) is 0 Å². The molecule has 0 radical (unpaired) electrons. The summed E-state index contributed by atoms with van der Waals surface area (Å²) >= 11 is 7.95. The van der Waals surface area contributed by atoms with Gasteiger partial charge in [-0.25, -0.2) is 0 Å². The highest BCUT2D eigenvalue weighted by Gasteiger charge is 2.29. The average Bonchev–Trinajstić information content (AvgIpc) is 3.96. The Bertz CT molecular complexity index is 2500. The Morgan fingerprint density at radius 3 is 1.20 bits per heavy atom. The van der Waals surface area contributed by atoms with Gasteiger partial charge in [0.05, 0.1) is 0 Å². The van der Waals surface area contributed by atoms with Crippen LogP contribution in [0.3, 0.4) is 0 Å². The number of hydrogen-bond acceptors (Lipinski definition) is 4. The predicted octanol–water partition coefficient (Wildman–Crippen LogP) is 15.7. The lowest BCUT2D eigenvalue weighted by atomic mass is 9.80. The summed E-state index contributed by atoms with van der Waals surface area (Å²) < 4.78 is 0. The van der Waals surface area contributed by atoms with E-state index in [1.165, 1.54) is 105 Å². The van der Waals surface area contributed by atoms with Gasteiger partial charge in [0.25, 0.3) is 0 Å². The highest BCUT2D eigenvalue weighted by atomic mass is 32.1. The third kappa shape index (κ3) is 5.41. The van der Waals surface area contributed by atoms with Gasteiger partial charge < -0.3 is 0 Å². The van der Waals surface area contributed by atoms with E-state index in [9.17, 15) is 0 Å². The van der Waals surface area contributed by atoms with Crippen LogP contribution >= 0.6 is 45.3 Å². The summed E-state index contributed by atoms with van der Waals surface area (Å²) in [7, 11) is 0. The van der Waals surface area contributed by atoms with Crippen molar-refractivity contribution in [3.8, 4) is 41.8 Å². The van der Waals surface area contributed by atoms with Crippen molar-refractivity contribution in [3.05, 3.63) is 103 Å². The molecule has 4 aromatic carbocycles. The van der Waals surface area contributed by atoms with Gasteiger partial charge in [-0.15, -0.1) is 45.3 Å². The van der Waals surface area contributed by atoms with Crippen LogP contribution in [0.15, 0.2) is 72.8 Å². The molecule has 0 saturated heterocycles. The number of thiophene rings is 4. The van der Waals surface area contributed by atoms with E-state index >= 15 is 0 Å². The maximum Gasteiger partial charge on any atom is 0.0358 e. The van der Waals surface area contributed by atoms with Gasteiger partial charge in [-0.2, -0.15) is 0 Å². The molecule has 4 heteroatoms. The molecule has 0 saturated carbocycles. The fourth-order valence-corrected chi connectivity index (χ4v) is 12.0. The Morgan fingerprint density at radius 1 is 0.460 bits per heavy atom. The molecule has 0 N–H and O–H groups in total. The summed E-state index contributed by atoms with van der Waals surface area (Å²) in [6.07, 6.45) is 5.30. The molecule has 0 aliphatic rings. The monoisotopic (exact) mass is 726 g/mol. The van der Waals surface area contributed by atoms with Crippen molar-refractivity contribution in [1.82, 2.24) is 0 Å². The van der Waals surface area contributed by atoms with Crippen molar-refractivity contribution in [2.75, 3.05) is 0 Å². The van der Waals surface area contributed by atoms with Crippen LogP contribution in [0.5, 0.6) is 0 Å². The van der Waals surface area contributed by atoms with Gasteiger partial charge in [-0.1, -0.05) is 72.7 Å². The molecule has 50 heavy (non-hydrogen) atoms. The standard InChI is InChI=1S/C46H46S4/c1-9-27-24-33-41-34(25-27)45(37-19-16-30(12-4)49-37)43(38-20-21-39(50-38)46(7,8)13-5)32-23-26(6)22-31(40(32)41)42(35-17-14-28(10-2)47-35)44(33)36-18-15-29(11-3)48-36/h14-25H,9-13H2,1-8H3. The van der Waals surface area contributed by atoms with E-state index in [1.807, 2.05) is 45.3 Å². The molecule has 0 aliphatic heterocycles. The first kappa shape index (κ1) is 33.8. The average molecular weight is 727 g/mol. The van der Waals surface area contributed by atoms with E-state index in [0.717, 1.165) is 32.1 Å². The summed E-state index contributed by atoms with van der Waals surface area (Å²) in [5, 5.41) is 8.46. The zero-order valence-electron chi connectivity index (χ0n) is 30.6. The van der Waals surface area contributed by atoms with Crippen LogP contribution in [0.25, 0.3) is 74.1 Å². The molecular formula is C46H46S4. The van der Waals surface area contributed by atoms with E-state index in [0.29, 0.717) is 0 Å². The number of benzene rings is 4. The summed E-state index contributed by atoms with van der Waals surface area (Å²) in [6, 6.07) is 29.2. The zero-order valence-corrected chi connectivity index (χ0v) is 33.9. The molecular weight excluding hydrogens is 681 g/mol. The van der Waals surface area contributed by atoms with Crippen LogP contribution in [0.4, 0.5) is 0 Å². The summed E-state index contributed by atoms with van der Waals surface area (Å²) in [6.45, 7) is 18.6. The van der Waals surface area contributed by atoms with Crippen LogP contribution < -0.4 is 0 Å². The smallest absolute Gasteiger partial charge is 0.0358 e. The highest BCUT2D eigenvalue weighted by molar-refractivity contribution is 7.17. The molecule has 0 unspecified atom stereocenters.